The van der Waals surface area contributed by atoms with Crippen LogP contribution < -0.4 is 4.74 Å². The van der Waals surface area contributed by atoms with Gasteiger partial charge in [0, 0.05) is 0 Å². The van der Waals surface area contributed by atoms with Gasteiger partial charge in [0.15, 0.2) is 18.0 Å². The summed E-state index contributed by atoms with van der Waals surface area (Å²) < 4.78 is 11.0. The lowest BCUT2D eigenvalue weighted by molar-refractivity contribution is 0.0132. The SMILES string of the molecule is Cc1cc(C)c2c(c1)C(=O)C(O)C(c1ccco1)O2. The maximum Gasteiger partial charge on any atom is 0.199 e. The number of hydrogen-bond donors (Lipinski definition) is 1. The number of Topliss-reactive ketones (excluding diaryl/α,β-unsaturated/α-hetero) is 1. The molecule has 0 saturated heterocycles. The molecule has 2 unspecified atom stereocenters. The maximum absolute atomic E-state index is 12.3. The Morgan fingerprint density at radius 2 is 2.05 bits per heavy atom. The van der Waals surface area contributed by atoms with Gasteiger partial charge in [-0.25, -0.2) is 0 Å². The number of hydrogen-bond acceptors (Lipinski definition) is 4. The van der Waals surface area contributed by atoms with Crippen molar-refractivity contribution in [3.05, 3.63) is 53.0 Å². The monoisotopic (exact) mass is 258 g/mol. The molecule has 0 bridgehead atoms. The van der Waals surface area contributed by atoms with E-state index in [0.29, 0.717) is 17.1 Å². The van der Waals surface area contributed by atoms with Gasteiger partial charge in [-0.3, -0.25) is 4.79 Å². The van der Waals surface area contributed by atoms with Gasteiger partial charge in [-0.05, 0) is 43.2 Å². The van der Waals surface area contributed by atoms with Crippen molar-refractivity contribution in [3.63, 3.8) is 0 Å². The molecule has 1 aliphatic heterocycles. The van der Waals surface area contributed by atoms with E-state index in [1.807, 2.05) is 19.9 Å². The first-order chi connectivity index (χ1) is 9.08. The fourth-order valence-corrected chi connectivity index (χ4v) is 2.45. The highest BCUT2D eigenvalue weighted by Crippen LogP contribution is 2.38. The number of fused-ring (bicyclic) bond motifs is 1. The van der Waals surface area contributed by atoms with Crippen LogP contribution in [0.15, 0.2) is 34.9 Å². The fourth-order valence-electron chi connectivity index (χ4n) is 2.45. The highest BCUT2D eigenvalue weighted by atomic mass is 16.5. The molecule has 2 atom stereocenters. The van der Waals surface area contributed by atoms with E-state index < -0.39 is 12.2 Å². The Hall–Kier alpha value is -2.07. The summed E-state index contributed by atoms with van der Waals surface area (Å²) in [6.45, 7) is 3.79. The molecule has 2 heterocycles. The molecule has 0 spiro atoms. The third kappa shape index (κ3) is 1.85. The van der Waals surface area contributed by atoms with Crippen LogP contribution in [0.1, 0.15) is 33.3 Å². The van der Waals surface area contributed by atoms with E-state index in [2.05, 4.69) is 0 Å². The predicted molar refractivity (Wildman–Crippen MR) is 68.3 cm³/mol. The highest BCUT2D eigenvalue weighted by Gasteiger charge is 2.39. The number of benzene rings is 1. The highest BCUT2D eigenvalue weighted by molar-refractivity contribution is 6.03. The summed E-state index contributed by atoms with van der Waals surface area (Å²) in [6, 6.07) is 7.08. The van der Waals surface area contributed by atoms with Gasteiger partial charge < -0.3 is 14.3 Å². The molecule has 1 aromatic carbocycles. The van der Waals surface area contributed by atoms with Crippen molar-refractivity contribution in [1.82, 2.24) is 0 Å². The van der Waals surface area contributed by atoms with Crippen LogP contribution >= 0.6 is 0 Å². The van der Waals surface area contributed by atoms with Gasteiger partial charge >= 0.3 is 0 Å². The van der Waals surface area contributed by atoms with Crippen LogP contribution in [0.2, 0.25) is 0 Å². The first kappa shape index (κ1) is 12.0. The number of rotatable bonds is 1. The van der Waals surface area contributed by atoms with Crippen molar-refractivity contribution in [2.24, 2.45) is 0 Å². The number of carbonyl (C=O) groups excluding carboxylic acids is 1. The molecule has 0 amide bonds. The van der Waals surface area contributed by atoms with Crippen molar-refractivity contribution in [1.29, 1.82) is 0 Å². The van der Waals surface area contributed by atoms with E-state index in [1.54, 1.807) is 18.2 Å². The fraction of sp³-hybridized carbons (Fsp3) is 0.267. The first-order valence-corrected chi connectivity index (χ1v) is 6.11. The van der Waals surface area contributed by atoms with Gasteiger partial charge in [-0.1, -0.05) is 6.07 Å². The van der Waals surface area contributed by atoms with Crippen LogP contribution in [0, 0.1) is 13.8 Å². The number of furan rings is 1. The Bertz CT molecular complexity index is 628. The van der Waals surface area contributed by atoms with Gasteiger partial charge in [-0.15, -0.1) is 0 Å². The Balaban J connectivity index is 2.11. The van der Waals surface area contributed by atoms with Crippen molar-refractivity contribution >= 4 is 5.78 Å². The number of aliphatic hydroxyl groups excluding tert-OH is 1. The second kappa shape index (κ2) is 4.24. The van der Waals surface area contributed by atoms with E-state index in [1.165, 1.54) is 6.26 Å². The molecule has 0 radical (unpaired) electrons. The number of aliphatic hydroxyl groups is 1. The summed E-state index contributed by atoms with van der Waals surface area (Å²) in [4.78, 5) is 12.3. The van der Waals surface area contributed by atoms with Crippen molar-refractivity contribution in [2.45, 2.75) is 26.1 Å². The summed E-state index contributed by atoms with van der Waals surface area (Å²) in [6.07, 6.45) is -0.524. The number of aryl methyl sites for hydroxylation is 2. The standard InChI is InChI=1S/C15H14O4/c1-8-6-9(2)14-10(7-8)12(16)13(17)15(19-14)11-4-3-5-18-11/h3-7,13,15,17H,1-2H3. The molecule has 2 aromatic rings. The van der Waals surface area contributed by atoms with Crippen LogP contribution in [0.25, 0.3) is 0 Å². The molecule has 0 saturated carbocycles. The molecule has 0 fully saturated rings. The maximum atomic E-state index is 12.3. The lowest BCUT2D eigenvalue weighted by Gasteiger charge is -2.29. The largest absolute Gasteiger partial charge is 0.478 e. The van der Waals surface area contributed by atoms with Crippen molar-refractivity contribution in [2.75, 3.05) is 0 Å². The zero-order valence-electron chi connectivity index (χ0n) is 10.7. The summed E-state index contributed by atoms with van der Waals surface area (Å²) in [5.41, 5.74) is 2.29. The van der Waals surface area contributed by atoms with Crippen LogP contribution in [-0.4, -0.2) is 17.0 Å². The number of carbonyl (C=O) groups is 1. The Kier molecular flexibility index (Phi) is 2.68. The third-order valence-corrected chi connectivity index (χ3v) is 3.31. The molecule has 1 aliphatic rings. The second-order valence-electron chi connectivity index (χ2n) is 4.82. The topological polar surface area (TPSA) is 59.7 Å². The van der Waals surface area contributed by atoms with Gasteiger partial charge in [0.1, 0.15) is 11.5 Å². The van der Waals surface area contributed by atoms with Gasteiger partial charge in [-0.2, -0.15) is 0 Å². The molecule has 3 rings (SSSR count). The predicted octanol–water partition coefficient (Wildman–Crippen LogP) is 2.57. The minimum Gasteiger partial charge on any atom is -0.478 e. The average Bonchev–Trinajstić information content (AvgIpc) is 2.88. The third-order valence-electron chi connectivity index (χ3n) is 3.31. The average molecular weight is 258 g/mol. The minimum atomic E-state index is -1.24. The van der Waals surface area contributed by atoms with E-state index in [4.69, 9.17) is 9.15 Å². The molecular weight excluding hydrogens is 244 g/mol. The molecule has 19 heavy (non-hydrogen) atoms. The zero-order chi connectivity index (χ0) is 13.6. The van der Waals surface area contributed by atoms with Gasteiger partial charge in [0.25, 0.3) is 0 Å². The van der Waals surface area contributed by atoms with E-state index in [0.717, 1.165) is 11.1 Å². The molecule has 1 aromatic heterocycles. The molecule has 1 N–H and O–H groups in total. The van der Waals surface area contributed by atoms with Crippen LogP contribution in [0.3, 0.4) is 0 Å². The molecule has 4 nitrogen and oxygen atoms in total. The summed E-state index contributed by atoms with van der Waals surface area (Å²) >= 11 is 0. The van der Waals surface area contributed by atoms with Crippen LogP contribution in [0.4, 0.5) is 0 Å². The van der Waals surface area contributed by atoms with Gasteiger partial charge in [0.05, 0.1) is 11.8 Å². The lowest BCUT2D eigenvalue weighted by Crippen LogP contribution is -2.36. The smallest absolute Gasteiger partial charge is 0.199 e. The summed E-state index contributed by atoms with van der Waals surface area (Å²) in [7, 11) is 0. The van der Waals surface area contributed by atoms with Crippen LogP contribution in [-0.2, 0) is 0 Å². The van der Waals surface area contributed by atoms with Gasteiger partial charge in [0.2, 0.25) is 0 Å². The number of ether oxygens (including phenoxy) is 1. The zero-order valence-corrected chi connectivity index (χ0v) is 10.7. The van der Waals surface area contributed by atoms with E-state index >= 15 is 0 Å². The normalized spacial score (nSPS) is 21.9. The lowest BCUT2D eigenvalue weighted by atomic mass is 9.93. The molecular formula is C15H14O4. The molecule has 4 heteroatoms. The minimum absolute atomic E-state index is 0.325. The summed E-state index contributed by atoms with van der Waals surface area (Å²) in [5.74, 6) is 0.656. The first-order valence-electron chi connectivity index (χ1n) is 6.11. The second-order valence-corrected chi connectivity index (χ2v) is 4.82. The Morgan fingerprint density at radius 1 is 1.26 bits per heavy atom. The number of ketones is 1. The Labute approximate surface area is 110 Å². The van der Waals surface area contributed by atoms with Crippen molar-refractivity contribution in [3.8, 4) is 5.75 Å². The van der Waals surface area contributed by atoms with E-state index in [-0.39, 0.29) is 5.78 Å². The Morgan fingerprint density at radius 3 is 2.74 bits per heavy atom. The van der Waals surface area contributed by atoms with E-state index in [9.17, 15) is 9.90 Å². The molecule has 98 valence electrons. The molecule has 0 aliphatic carbocycles. The van der Waals surface area contributed by atoms with Crippen LogP contribution in [0.5, 0.6) is 5.75 Å². The quantitative estimate of drug-likeness (QED) is 0.854. The summed E-state index contributed by atoms with van der Waals surface area (Å²) in [5, 5.41) is 10.1. The van der Waals surface area contributed by atoms with Crippen molar-refractivity contribution < 1.29 is 19.1 Å².